The van der Waals surface area contributed by atoms with Crippen molar-refractivity contribution in [2.45, 2.75) is 5.41 Å². The van der Waals surface area contributed by atoms with Crippen LogP contribution < -0.4 is 4.90 Å². The van der Waals surface area contributed by atoms with Crippen molar-refractivity contribution in [1.82, 2.24) is 0 Å². The van der Waals surface area contributed by atoms with E-state index >= 15 is 0 Å². The molecule has 0 amide bonds. The van der Waals surface area contributed by atoms with E-state index in [0.717, 1.165) is 59.4 Å². The quantitative estimate of drug-likeness (QED) is 0.170. The third-order valence-electron chi connectivity index (χ3n) is 12.0. The molecule has 12 rings (SSSR count). The second-order valence-corrected chi connectivity index (χ2v) is 15.9. The molecule has 266 valence electrons. The van der Waals surface area contributed by atoms with Gasteiger partial charge in [-0.2, -0.15) is 0 Å². The number of fused-ring (bicyclic) bond motifs is 13. The van der Waals surface area contributed by atoms with Gasteiger partial charge in [0.25, 0.3) is 0 Å². The van der Waals surface area contributed by atoms with Gasteiger partial charge >= 0.3 is 0 Å². The number of nitrogens with zero attached hydrogens (tertiary/aromatic N) is 1. The molecule has 10 aromatic rings. The molecule has 0 N–H and O–H groups in total. The van der Waals surface area contributed by atoms with Crippen molar-refractivity contribution in [2.24, 2.45) is 0 Å². The zero-order chi connectivity index (χ0) is 41.0. The molecule has 1 spiro atoms. The summed E-state index contributed by atoms with van der Waals surface area (Å²) in [5.74, 6) is 0. The summed E-state index contributed by atoms with van der Waals surface area (Å²) in [7, 11) is 0. The molecule has 0 saturated carbocycles. The third kappa shape index (κ3) is 4.62. The average molecular weight is 746 g/mol. The molecule has 2 aliphatic rings. The van der Waals surface area contributed by atoms with Crippen LogP contribution >= 0.6 is 11.3 Å². The van der Waals surface area contributed by atoms with Crippen LogP contribution in [0.4, 0.5) is 17.1 Å². The second kappa shape index (κ2) is 12.5. The number of hydrogen-bond donors (Lipinski definition) is 0. The predicted octanol–water partition coefficient (Wildman–Crippen LogP) is 15.2. The lowest BCUT2D eigenvalue weighted by atomic mass is 9.70. The van der Waals surface area contributed by atoms with Gasteiger partial charge in [0.05, 0.1) is 16.6 Å². The van der Waals surface area contributed by atoms with E-state index in [0.29, 0.717) is 11.3 Å². The van der Waals surface area contributed by atoms with Crippen LogP contribution in [0.1, 0.15) is 27.7 Å². The Labute approximate surface area is 342 Å². The molecule has 9 aromatic carbocycles. The van der Waals surface area contributed by atoms with Crippen LogP contribution in [0.5, 0.6) is 0 Å². The van der Waals surface area contributed by atoms with Gasteiger partial charge in [0.2, 0.25) is 0 Å². The summed E-state index contributed by atoms with van der Waals surface area (Å²) in [5.41, 5.74) is 14.5. The predicted molar refractivity (Wildman–Crippen MR) is 241 cm³/mol. The van der Waals surface area contributed by atoms with Crippen LogP contribution in [0.15, 0.2) is 212 Å². The molecule has 0 saturated heterocycles. The monoisotopic (exact) mass is 745 g/mol. The molecule has 0 fully saturated rings. The van der Waals surface area contributed by atoms with Gasteiger partial charge in [-0.05, 0) is 104 Å². The lowest BCUT2D eigenvalue weighted by Gasteiger charge is -2.31. The van der Waals surface area contributed by atoms with Crippen molar-refractivity contribution in [3.63, 3.8) is 0 Å². The van der Waals surface area contributed by atoms with Crippen LogP contribution in [0, 0.1) is 0 Å². The average Bonchev–Trinajstić information content (AvgIpc) is 3.95. The van der Waals surface area contributed by atoms with Crippen molar-refractivity contribution in [2.75, 3.05) is 4.90 Å². The van der Waals surface area contributed by atoms with Gasteiger partial charge < -0.3 is 4.90 Å². The Balaban J connectivity index is 1.16. The SMILES string of the molecule is [2H]c1c([2H])c([2H])c(N(c2ccc(-c3ccccc3)cc2)c2ccc3c(c2)-c2ccccc2C32c3ccccc3-c3ccccc32)c(-c2cccc3sc4ccccc4c23)c1[2H]. The molecular weight excluding hydrogens is 707 g/mol. The molecule has 1 nitrogen and oxygen atoms in total. The van der Waals surface area contributed by atoms with E-state index in [2.05, 4.69) is 150 Å². The topological polar surface area (TPSA) is 3.24 Å². The van der Waals surface area contributed by atoms with Crippen molar-refractivity contribution in [1.29, 1.82) is 0 Å². The first kappa shape index (κ1) is 28.4. The zero-order valence-electron chi connectivity index (χ0n) is 34.8. The van der Waals surface area contributed by atoms with E-state index in [1.807, 2.05) is 42.5 Å². The summed E-state index contributed by atoms with van der Waals surface area (Å²) in [4.78, 5) is 2.06. The highest BCUT2D eigenvalue weighted by Gasteiger charge is 2.51. The molecule has 0 aliphatic heterocycles. The minimum Gasteiger partial charge on any atom is -0.310 e. The molecule has 0 radical (unpaired) electrons. The first-order chi connectivity index (χ1) is 29.9. The Morgan fingerprint density at radius 3 is 1.68 bits per heavy atom. The molecule has 1 heterocycles. The van der Waals surface area contributed by atoms with Crippen molar-refractivity contribution < 1.29 is 5.48 Å². The van der Waals surface area contributed by atoms with Gasteiger partial charge in [-0.1, -0.05) is 170 Å². The van der Waals surface area contributed by atoms with Crippen LogP contribution in [0.3, 0.4) is 0 Å². The van der Waals surface area contributed by atoms with Crippen LogP contribution in [0.25, 0.3) is 64.7 Å². The summed E-state index contributed by atoms with van der Waals surface area (Å²) in [5, 5.41) is 2.05. The van der Waals surface area contributed by atoms with Crippen molar-refractivity contribution in [3.8, 4) is 44.5 Å². The normalized spacial score (nSPS) is 14.0. The maximum absolute atomic E-state index is 9.80. The molecule has 2 heteroatoms. The Hall–Kier alpha value is -7.00. The molecule has 0 atom stereocenters. The standard InChI is InChI=1S/C55H35NS/c1-2-15-36(16-3-1)37-29-31-38(32-30-37)56(51-26-12-7-20-43(51)44-22-14-28-53-54(44)45-21-8-13-27-52(45)57-53)39-33-34-50-46(35-39)42-19-6-11-25-49(42)55(50)47-23-9-4-17-40(47)41-18-5-10-24-48(41)55/h1-35H/i7D,12D,20D,26D. The number of thiophene rings is 1. The fraction of sp³-hybridized carbons (Fsp3) is 0.0182. The Bertz CT molecular complexity index is 3380. The second-order valence-electron chi connectivity index (χ2n) is 14.9. The lowest BCUT2D eigenvalue weighted by Crippen LogP contribution is -2.25. The van der Waals surface area contributed by atoms with Gasteiger partial charge in [-0.3, -0.25) is 0 Å². The molecular formula is C55H35NS. The Morgan fingerprint density at radius 2 is 0.947 bits per heavy atom. The van der Waals surface area contributed by atoms with E-state index in [1.165, 1.54) is 33.4 Å². The van der Waals surface area contributed by atoms with Crippen LogP contribution in [-0.2, 0) is 5.41 Å². The minimum absolute atomic E-state index is 0.0747. The maximum atomic E-state index is 9.80. The van der Waals surface area contributed by atoms with Gasteiger partial charge in [0.15, 0.2) is 0 Å². The molecule has 57 heavy (non-hydrogen) atoms. The first-order valence-corrected chi connectivity index (χ1v) is 20.2. The van der Waals surface area contributed by atoms with E-state index in [4.69, 9.17) is 2.74 Å². The summed E-state index contributed by atoms with van der Waals surface area (Å²) in [6.07, 6.45) is 0. The number of benzene rings is 9. The first-order valence-electron chi connectivity index (χ1n) is 21.4. The largest absolute Gasteiger partial charge is 0.310 e. The molecule has 1 aromatic heterocycles. The van der Waals surface area contributed by atoms with Crippen molar-refractivity contribution >= 4 is 48.6 Å². The maximum Gasteiger partial charge on any atom is 0.0725 e. The lowest BCUT2D eigenvalue weighted by molar-refractivity contribution is 0.794. The fourth-order valence-electron chi connectivity index (χ4n) is 9.72. The summed E-state index contributed by atoms with van der Waals surface area (Å²) in [6.45, 7) is 0. The van der Waals surface area contributed by atoms with Crippen molar-refractivity contribution in [3.05, 3.63) is 234 Å². The minimum atomic E-state index is -0.517. The van der Waals surface area contributed by atoms with Gasteiger partial charge in [-0.25, -0.2) is 0 Å². The zero-order valence-corrected chi connectivity index (χ0v) is 31.6. The molecule has 0 unspecified atom stereocenters. The summed E-state index contributed by atoms with van der Waals surface area (Å²) < 4.78 is 39.9. The fourth-order valence-corrected chi connectivity index (χ4v) is 10.9. The van der Waals surface area contributed by atoms with Gasteiger partial charge in [0, 0.05) is 37.1 Å². The third-order valence-corrected chi connectivity index (χ3v) is 13.2. The highest BCUT2D eigenvalue weighted by Crippen LogP contribution is 2.63. The number of hydrogen-bond acceptors (Lipinski definition) is 2. The highest BCUT2D eigenvalue weighted by atomic mass is 32.1. The number of para-hydroxylation sites is 1. The Kier molecular flexibility index (Phi) is 6.24. The summed E-state index contributed by atoms with van der Waals surface area (Å²) >= 11 is 1.70. The van der Waals surface area contributed by atoms with E-state index < -0.39 is 5.41 Å². The number of anilines is 3. The molecule has 0 bridgehead atoms. The highest BCUT2D eigenvalue weighted by molar-refractivity contribution is 7.25. The van der Waals surface area contributed by atoms with E-state index in [-0.39, 0.29) is 24.2 Å². The summed E-state index contributed by atoms with van der Waals surface area (Å²) in [6, 6.07) is 65.2. The van der Waals surface area contributed by atoms with Gasteiger partial charge in [-0.15, -0.1) is 11.3 Å². The smallest absolute Gasteiger partial charge is 0.0725 e. The van der Waals surface area contributed by atoms with Gasteiger partial charge in [0.1, 0.15) is 0 Å². The van der Waals surface area contributed by atoms with E-state index in [1.54, 1.807) is 11.3 Å². The van der Waals surface area contributed by atoms with E-state index in [9.17, 15) is 2.74 Å². The Morgan fingerprint density at radius 1 is 0.404 bits per heavy atom. The molecule has 2 aliphatic carbocycles. The van der Waals surface area contributed by atoms with Crippen LogP contribution in [0.2, 0.25) is 0 Å². The number of rotatable bonds is 5. The van der Waals surface area contributed by atoms with Crippen LogP contribution in [-0.4, -0.2) is 0 Å².